The number of rotatable bonds is 27. The molecule has 0 aliphatic rings. The zero-order chi connectivity index (χ0) is 27.4. The molecule has 0 aromatic carbocycles. The van der Waals surface area contributed by atoms with E-state index in [1.54, 1.807) is 0 Å². The van der Waals surface area contributed by atoms with Crippen LogP contribution in [0.1, 0.15) is 19.3 Å². The number of unbranched alkanes of at least 4 members (excludes halogenated alkanes) is 1. The van der Waals surface area contributed by atoms with Gasteiger partial charge in [0.1, 0.15) is 19.3 Å². The van der Waals surface area contributed by atoms with E-state index in [0.717, 1.165) is 0 Å². The maximum absolute atomic E-state index is 12.1. The second-order valence-corrected chi connectivity index (χ2v) is 7.62. The highest BCUT2D eigenvalue weighted by Crippen LogP contribution is 2.03. The lowest BCUT2D eigenvalue weighted by Crippen LogP contribution is -2.43. The third-order valence-electron chi connectivity index (χ3n) is 4.54. The summed E-state index contributed by atoms with van der Waals surface area (Å²) in [6.45, 7) is 5.02. The molecule has 0 unspecified atom stereocenters. The van der Waals surface area contributed by atoms with Crippen molar-refractivity contribution in [1.29, 1.82) is 0 Å². The maximum Gasteiger partial charge on any atom is 0.328 e. The molecule has 0 saturated heterocycles. The van der Waals surface area contributed by atoms with Crippen LogP contribution in [0.4, 0.5) is 0 Å². The minimum absolute atomic E-state index is 0.0685. The number of nitrogens with one attached hydrogen (secondary N) is 2. The van der Waals surface area contributed by atoms with Gasteiger partial charge in [0.25, 0.3) is 0 Å². The van der Waals surface area contributed by atoms with Crippen molar-refractivity contribution in [2.45, 2.75) is 25.3 Å². The first-order valence-electron chi connectivity index (χ1n) is 12.6. The number of methoxy groups -OCH3 is 1. The van der Waals surface area contributed by atoms with Crippen LogP contribution in [0, 0.1) is 0 Å². The normalized spacial score (nSPS) is 11.8. The van der Waals surface area contributed by atoms with Crippen LogP contribution in [-0.4, -0.2) is 130 Å². The van der Waals surface area contributed by atoms with E-state index in [4.69, 9.17) is 44.6 Å². The molecule has 0 aromatic heterocycles. The van der Waals surface area contributed by atoms with E-state index in [9.17, 15) is 14.4 Å². The predicted octanol–water partition coefficient (Wildman–Crippen LogP) is -2.05. The van der Waals surface area contributed by atoms with Gasteiger partial charge in [0.05, 0.1) is 73.2 Å². The summed E-state index contributed by atoms with van der Waals surface area (Å²) in [4.78, 5) is 35.9. The molecule has 0 aromatic rings. The Kier molecular flexibility index (Phi) is 25.7. The van der Waals surface area contributed by atoms with Crippen LogP contribution >= 0.6 is 0 Å². The van der Waals surface area contributed by atoms with Crippen molar-refractivity contribution in [3.05, 3.63) is 0 Å². The Morgan fingerprint density at radius 3 is 1.59 bits per heavy atom. The van der Waals surface area contributed by atoms with Gasteiger partial charge >= 0.3 is 5.97 Å². The van der Waals surface area contributed by atoms with Gasteiger partial charge in [-0.25, -0.2) is 4.79 Å². The molecule has 0 aliphatic heterocycles. The second-order valence-electron chi connectivity index (χ2n) is 7.62. The topological polar surface area (TPSA) is 192 Å². The van der Waals surface area contributed by atoms with E-state index in [2.05, 4.69) is 10.6 Å². The largest absolute Gasteiger partial charge is 0.467 e. The number of amides is 2. The molecule has 1 atom stereocenters. The summed E-state index contributed by atoms with van der Waals surface area (Å²) >= 11 is 0. The van der Waals surface area contributed by atoms with Crippen LogP contribution in [0.3, 0.4) is 0 Å². The Bertz CT molecular complexity index is 572. The van der Waals surface area contributed by atoms with Gasteiger partial charge in [0.15, 0.2) is 0 Å². The number of hydrogen-bond acceptors (Lipinski definition) is 12. The summed E-state index contributed by atoms with van der Waals surface area (Å²) in [7, 11) is 1.26. The molecule has 37 heavy (non-hydrogen) atoms. The van der Waals surface area contributed by atoms with Crippen LogP contribution < -0.4 is 22.1 Å². The van der Waals surface area contributed by atoms with Gasteiger partial charge in [0, 0.05) is 19.6 Å². The van der Waals surface area contributed by atoms with Gasteiger partial charge in [0.2, 0.25) is 11.8 Å². The first kappa shape index (κ1) is 35.1. The first-order valence-corrected chi connectivity index (χ1v) is 12.6. The van der Waals surface area contributed by atoms with Gasteiger partial charge in [-0.3, -0.25) is 9.59 Å². The van der Waals surface area contributed by atoms with Crippen molar-refractivity contribution in [2.24, 2.45) is 11.5 Å². The number of nitrogens with two attached hydrogens (primary N) is 2. The van der Waals surface area contributed by atoms with Crippen LogP contribution in [0.2, 0.25) is 0 Å². The average molecular weight is 539 g/mol. The quantitative estimate of drug-likeness (QED) is 0.0662. The summed E-state index contributed by atoms with van der Waals surface area (Å²) in [5.41, 5.74) is 10.6. The summed E-state index contributed by atoms with van der Waals surface area (Å²) in [6.07, 6.45) is 1.56. The van der Waals surface area contributed by atoms with E-state index in [1.807, 2.05) is 0 Å². The molecule has 0 saturated carbocycles. The highest BCUT2D eigenvalue weighted by atomic mass is 16.6. The Balaban J connectivity index is 3.81. The van der Waals surface area contributed by atoms with Crippen LogP contribution in [0.15, 0.2) is 0 Å². The second kappa shape index (κ2) is 27.1. The SMILES string of the molecule is COC(=O)[C@H](CCCCNC(=O)COCCOCCOCCN)NC(=O)COCCOCCOCCN. The number of ether oxygens (including phenoxy) is 7. The van der Waals surface area contributed by atoms with Crippen LogP contribution in [-0.2, 0) is 47.5 Å². The Hall–Kier alpha value is -1.91. The fraction of sp³-hybridized carbons (Fsp3) is 0.870. The van der Waals surface area contributed by atoms with Gasteiger partial charge in [-0.15, -0.1) is 0 Å². The molecule has 14 nitrogen and oxygen atoms in total. The predicted molar refractivity (Wildman–Crippen MR) is 134 cm³/mol. The molecule has 0 aliphatic carbocycles. The lowest BCUT2D eigenvalue weighted by atomic mass is 10.1. The highest BCUT2D eigenvalue weighted by Gasteiger charge is 2.21. The van der Waals surface area contributed by atoms with E-state index in [-0.39, 0.29) is 25.7 Å². The van der Waals surface area contributed by atoms with E-state index < -0.39 is 17.9 Å². The van der Waals surface area contributed by atoms with Crippen molar-refractivity contribution in [3.8, 4) is 0 Å². The number of esters is 1. The lowest BCUT2D eigenvalue weighted by Gasteiger charge is -2.16. The molecule has 14 heteroatoms. The molecule has 2 amide bonds. The molecular weight excluding hydrogens is 492 g/mol. The molecule has 0 bridgehead atoms. The molecule has 0 fully saturated rings. The number of hydrogen-bond donors (Lipinski definition) is 4. The van der Waals surface area contributed by atoms with Crippen LogP contribution in [0.5, 0.6) is 0 Å². The summed E-state index contributed by atoms with van der Waals surface area (Å²) in [5.74, 6) is -1.22. The fourth-order valence-electron chi connectivity index (χ4n) is 2.76. The van der Waals surface area contributed by atoms with E-state index in [0.29, 0.717) is 98.4 Å². The summed E-state index contributed by atoms with van der Waals surface area (Å²) < 4.78 is 36.2. The highest BCUT2D eigenvalue weighted by molar-refractivity contribution is 5.85. The molecule has 0 rings (SSSR count). The molecule has 0 spiro atoms. The third kappa shape index (κ3) is 24.2. The average Bonchev–Trinajstić information content (AvgIpc) is 2.89. The number of carbonyl (C=O) groups is 3. The molecule has 218 valence electrons. The monoisotopic (exact) mass is 538 g/mol. The minimum atomic E-state index is -0.795. The Morgan fingerprint density at radius 2 is 1.11 bits per heavy atom. The summed E-state index contributed by atoms with van der Waals surface area (Å²) in [5, 5.41) is 5.35. The zero-order valence-corrected chi connectivity index (χ0v) is 22.0. The van der Waals surface area contributed by atoms with Gasteiger partial charge in [-0.1, -0.05) is 0 Å². The maximum atomic E-state index is 12.1. The van der Waals surface area contributed by atoms with E-state index >= 15 is 0 Å². The summed E-state index contributed by atoms with van der Waals surface area (Å²) in [6, 6.07) is -0.795. The molecule has 6 N–H and O–H groups in total. The van der Waals surface area contributed by atoms with Crippen molar-refractivity contribution in [3.63, 3.8) is 0 Å². The van der Waals surface area contributed by atoms with Gasteiger partial charge < -0.3 is 55.3 Å². The van der Waals surface area contributed by atoms with Crippen molar-refractivity contribution in [1.82, 2.24) is 10.6 Å². The minimum Gasteiger partial charge on any atom is -0.467 e. The van der Waals surface area contributed by atoms with Gasteiger partial charge in [-0.2, -0.15) is 0 Å². The smallest absolute Gasteiger partial charge is 0.328 e. The molecule has 0 radical (unpaired) electrons. The zero-order valence-electron chi connectivity index (χ0n) is 22.0. The fourth-order valence-corrected chi connectivity index (χ4v) is 2.76. The molecule has 0 heterocycles. The van der Waals surface area contributed by atoms with Crippen LogP contribution in [0.25, 0.3) is 0 Å². The standard InChI is InChI=1S/C23H46N4O10/c1-31-23(30)20(27-22(29)19-37-17-15-35-13-11-33-9-6-25)4-2-3-7-26-21(28)18-36-16-14-34-12-10-32-8-5-24/h20H,2-19,24-25H2,1H3,(H,26,28)(H,27,29)/t20-/m0/s1. The van der Waals surface area contributed by atoms with E-state index in [1.165, 1.54) is 7.11 Å². The number of carbonyl (C=O) groups excluding carboxylic acids is 3. The van der Waals surface area contributed by atoms with Crippen molar-refractivity contribution >= 4 is 17.8 Å². The Morgan fingerprint density at radius 1 is 0.649 bits per heavy atom. The lowest BCUT2D eigenvalue weighted by molar-refractivity contribution is -0.146. The van der Waals surface area contributed by atoms with Crippen molar-refractivity contribution in [2.75, 3.05) is 106 Å². The third-order valence-corrected chi connectivity index (χ3v) is 4.54. The molecular formula is C23H46N4O10. The van der Waals surface area contributed by atoms with Gasteiger partial charge in [-0.05, 0) is 19.3 Å². The first-order chi connectivity index (χ1) is 18.0. The van der Waals surface area contributed by atoms with Crippen molar-refractivity contribution < 1.29 is 47.5 Å². The Labute approximate surface area is 219 Å².